The predicted molar refractivity (Wildman–Crippen MR) is 119 cm³/mol. The molecule has 0 fully saturated rings. The van der Waals surface area contributed by atoms with Crippen LogP contribution in [0, 0.1) is 0 Å². The third-order valence-electron chi connectivity index (χ3n) is 5.08. The van der Waals surface area contributed by atoms with Crippen molar-refractivity contribution in [3.8, 4) is 5.75 Å². The third-order valence-corrected chi connectivity index (χ3v) is 5.33. The number of nitrogens with zero attached hydrogens (tertiary/aromatic N) is 2. The third kappa shape index (κ3) is 5.00. The summed E-state index contributed by atoms with van der Waals surface area (Å²) < 4.78 is 15.8. The van der Waals surface area contributed by atoms with E-state index in [-0.39, 0.29) is 6.42 Å². The summed E-state index contributed by atoms with van der Waals surface area (Å²) in [5.41, 5.74) is 2.35. The Hall–Kier alpha value is -3.58. The number of carbonyl (C=O) groups excluding carboxylic acids is 2. The minimum atomic E-state index is -0.501. The number of hydrazone groups is 1. The van der Waals surface area contributed by atoms with Gasteiger partial charge in [-0.25, -0.2) is 5.01 Å². The van der Waals surface area contributed by atoms with Crippen molar-refractivity contribution in [2.45, 2.75) is 18.9 Å². The smallest absolute Gasteiger partial charge is 0.310 e. The highest BCUT2D eigenvalue weighted by Gasteiger charge is 2.35. The van der Waals surface area contributed by atoms with E-state index in [0.29, 0.717) is 23.0 Å². The number of carbonyl (C=O) groups is 2. The summed E-state index contributed by atoms with van der Waals surface area (Å²) in [6.07, 6.45) is 2.08. The summed E-state index contributed by atoms with van der Waals surface area (Å²) in [5, 5.41) is 6.44. The molecule has 0 unspecified atom stereocenters. The second kappa shape index (κ2) is 9.70. The molecule has 1 atom stereocenters. The Morgan fingerprint density at radius 1 is 1.12 bits per heavy atom. The van der Waals surface area contributed by atoms with Gasteiger partial charge in [-0.1, -0.05) is 35.9 Å². The summed E-state index contributed by atoms with van der Waals surface area (Å²) in [6, 6.07) is 17.5. The van der Waals surface area contributed by atoms with Crippen LogP contribution in [0.1, 0.15) is 29.3 Å². The number of benzene rings is 2. The first-order valence-corrected chi connectivity index (χ1v) is 10.4. The molecule has 1 aliphatic heterocycles. The van der Waals surface area contributed by atoms with Gasteiger partial charge >= 0.3 is 5.97 Å². The largest absolute Gasteiger partial charge is 0.497 e. The van der Waals surface area contributed by atoms with Crippen LogP contribution in [0.15, 0.2) is 76.4 Å². The topological polar surface area (TPSA) is 81.3 Å². The summed E-state index contributed by atoms with van der Waals surface area (Å²) in [5.74, 6) is 0.373. The van der Waals surface area contributed by atoms with E-state index in [1.54, 1.807) is 61.9 Å². The molecule has 8 heteroatoms. The normalized spacial score (nSPS) is 15.4. The van der Waals surface area contributed by atoms with Crippen molar-refractivity contribution in [1.29, 1.82) is 0 Å². The van der Waals surface area contributed by atoms with E-state index in [9.17, 15) is 9.59 Å². The molecule has 164 valence electrons. The van der Waals surface area contributed by atoms with E-state index < -0.39 is 24.5 Å². The van der Waals surface area contributed by atoms with Gasteiger partial charge in [0.1, 0.15) is 17.6 Å². The standard InChI is InChI=1S/C24H21ClN2O5/c1-30-19-10-4-16(5-11-19)13-24(29)32-15-23(28)27-21(22-3-2-12-31-22)14-20(26-27)17-6-8-18(25)9-7-17/h2-12,21H,13-15H2,1H3/t21-/m1/s1. The van der Waals surface area contributed by atoms with E-state index in [4.69, 9.17) is 25.5 Å². The maximum atomic E-state index is 12.9. The lowest BCUT2D eigenvalue weighted by Crippen LogP contribution is -2.31. The zero-order valence-corrected chi connectivity index (χ0v) is 18.1. The number of furan rings is 1. The lowest BCUT2D eigenvalue weighted by Gasteiger charge is -2.19. The number of halogens is 1. The zero-order chi connectivity index (χ0) is 22.5. The quantitative estimate of drug-likeness (QED) is 0.496. The Bertz CT molecular complexity index is 1110. The van der Waals surface area contributed by atoms with Gasteiger partial charge in [0.05, 0.1) is 25.5 Å². The molecule has 0 radical (unpaired) electrons. The van der Waals surface area contributed by atoms with Crippen molar-refractivity contribution in [3.63, 3.8) is 0 Å². The number of ether oxygens (including phenoxy) is 2. The molecule has 0 aliphatic carbocycles. The molecule has 32 heavy (non-hydrogen) atoms. The minimum absolute atomic E-state index is 0.0537. The molecule has 7 nitrogen and oxygen atoms in total. The van der Waals surface area contributed by atoms with Crippen molar-refractivity contribution in [2.24, 2.45) is 5.10 Å². The van der Waals surface area contributed by atoms with Gasteiger partial charge in [0.2, 0.25) is 0 Å². The Morgan fingerprint density at radius 3 is 2.53 bits per heavy atom. The van der Waals surface area contributed by atoms with E-state index in [1.807, 2.05) is 12.1 Å². The molecular formula is C24H21ClN2O5. The Balaban J connectivity index is 1.43. The molecule has 2 aromatic carbocycles. The second-order valence-electron chi connectivity index (χ2n) is 7.21. The number of esters is 1. The van der Waals surface area contributed by atoms with Crippen LogP contribution in [0.3, 0.4) is 0 Å². The Morgan fingerprint density at radius 2 is 1.88 bits per heavy atom. The second-order valence-corrected chi connectivity index (χ2v) is 7.65. The van der Waals surface area contributed by atoms with Crippen LogP contribution in [0.4, 0.5) is 0 Å². The predicted octanol–water partition coefficient (Wildman–Crippen LogP) is 4.41. The highest BCUT2D eigenvalue weighted by molar-refractivity contribution is 6.30. The average molecular weight is 453 g/mol. The van der Waals surface area contributed by atoms with E-state index in [1.165, 1.54) is 5.01 Å². The molecule has 0 bridgehead atoms. The minimum Gasteiger partial charge on any atom is -0.497 e. The lowest BCUT2D eigenvalue weighted by molar-refractivity contribution is -0.152. The SMILES string of the molecule is COc1ccc(CC(=O)OCC(=O)N2N=C(c3ccc(Cl)cc3)C[C@@H]2c2ccco2)cc1. The molecule has 0 spiro atoms. The van der Waals surface area contributed by atoms with Crippen molar-refractivity contribution in [3.05, 3.63) is 88.8 Å². The number of rotatable bonds is 7. The van der Waals surface area contributed by atoms with Crippen molar-refractivity contribution < 1.29 is 23.5 Å². The van der Waals surface area contributed by atoms with Crippen LogP contribution < -0.4 is 4.74 Å². The van der Waals surface area contributed by atoms with Gasteiger partial charge in [-0.2, -0.15) is 5.10 Å². The zero-order valence-electron chi connectivity index (χ0n) is 17.4. The molecule has 0 saturated heterocycles. The Labute approximate surface area is 190 Å². The molecule has 1 aromatic heterocycles. The molecular weight excluding hydrogens is 432 g/mol. The van der Waals surface area contributed by atoms with Crippen molar-refractivity contribution in [1.82, 2.24) is 5.01 Å². The summed E-state index contributed by atoms with van der Waals surface area (Å²) in [7, 11) is 1.57. The van der Waals surface area contributed by atoms with E-state index >= 15 is 0 Å². The molecule has 1 amide bonds. The highest BCUT2D eigenvalue weighted by atomic mass is 35.5. The van der Waals surface area contributed by atoms with Crippen LogP contribution >= 0.6 is 11.6 Å². The number of hydrogen-bond acceptors (Lipinski definition) is 6. The monoisotopic (exact) mass is 452 g/mol. The number of amides is 1. The van der Waals surface area contributed by atoms with Gasteiger partial charge in [0.25, 0.3) is 5.91 Å². The first-order chi connectivity index (χ1) is 15.5. The lowest BCUT2D eigenvalue weighted by atomic mass is 10.0. The fourth-order valence-electron chi connectivity index (χ4n) is 3.43. The first-order valence-electron chi connectivity index (χ1n) is 10.0. The molecule has 1 aliphatic rings. The van der Waals surface area contributed by atoms with Crippen LogP contribution in [0.2, 0.25) is 5.02 Å². The number of methoxy groups -OCH3 is 1. The molecule has 0 saturated carbocycles. The van der Waals surface area contributed by atoms with Crippen LogP contribution in [0.25, 0.3) is 0 Å². The fraction of sp³-hybridized carbons (Fsp3) is 0.208. The van der Waals surface area contributed by atoms with Gasteiger partial charge < -0.3 is 13.9 Å². The van der Waals surface area contributed by atoms with Crippen molar-refractivity contribution in [2.75, 3.05) is 13.7 Å². The molecule has 3 aromatic rings. The maximum Gasteiger partial charge on any atom is 0.310 e. The van der Waals surface area contributed by atoms with Gasteiger partial charge in [-0.3, -0.25) is 9.59 Å². The van der Waals surface area contributed by atoms with Crippen molar-refractivity contribution >= 4 is 29.2 Å². The van der Waals surface area contributed by atoms with Gasteiger partial charge in [-0.05, 0) is 47.5 Å². The van der Waals surface area contributed by atoms with Gasteiger partial charge in [-0.15, -0.1) is 0 Å². The summed E-state index contributed by atoms with van der Waals surface area (Å²) >= 11 is 5.98. The molecule has 4 rings (SSSR count). The fourth-order valence-corrected chi connectivity index (χ4v) is 3.56. The highest BCUT2D eigenvalue weighted by Crippen LogP contribution is 2.33. The molecule has 0 N–H and O–H groups in total. The summed E-state index contributed by atoms with van der Waals surface area (Å²) in [4.78, 5) is 25.1. The van der Waals surface area contributed by atoms with E-state index in [0.717, 1.165) is 16.8 Å². The first kappa shape index (κ1) is 21.6. The van der Waals surface area contributed by atoms with Crippen LogP contribution in [0.5, 0.6) is 5.75 Å². The van der Waals surface area contributed by atoms with Gasteiger partial charge in [0, 0.05) is 11.4 Å². The van der Waals surface area contributed by atoms with Gasteiger partial charge in [0.15, 0.2) is 6.61 Å². The maximum absolute atomic E-state index is 12.9. The van der Waals surface area contributed by atoms with Crippen LogP contribution in [-0.2, 0) is 20.7 Å². The molecule has 2 heterocycles. The average Bonchev–Trinajstić information content (AvgIpc) is 3.48. The van der Waals surface area contributed by atoms with E-state index in [2.05, 4.69) is 5.10 Å². The summed E-state index contributed by atoms with van der Waals surface area (Å²) in [6.45, 7) is -0.413. The number of hydrogen-bond donors (Lipinski definition) is 0. The van der Waals surface area contributed by atoms with Crippen LogP contribution in [-0.4, -0.2) is 36.3 Å². The Kier molecular flexibility index (Phi) is 6.56.